The Kier molecular flexibility index (Phi) is 6.59. The zero-order valence-corrected chi connectivity index (χ0v) is 16.4. The molecule has 0 bridgehead atoms. The molecule has 3 rings (SSSR count). The van der Waals surface area contributed by atoms with Crippen LogP contribution in [0.5, 0.6) is 11.8 Å². The molecule has 0 N–H and O–H groups in total. The quantitative estimate of drug-likeness (QED) is 0.553. The van der Waals surface area contributed by atoms with E-state index in [4.69, 9.17) is 9.47 Å². The molecule has 1 aromatic heterocycles. The zero-order chi connectivity index (χ0) is 21.0. The topological polar surface area (TPSA) is 44.2 Å². The van der Waals surface area contributed by atoms with Gasteiger partial charge in [-0.05, 0) is 43.7 Å². The largest absolute Gasteiger partial charge is 0.490 e. The fourth-order valence-electron chi connectivity index (χ4n) is 3.70. The highest BCUT2D eigenvalue weighted by molar-refractivity contribution is 5.35. The summed E-state index contributed by atoms with van der Waals surface area (Å²) in [7, 11) is 0. The number of alkyl halides is 2. The van der Waals surface area contributed by atoms with E-state index in [1.807, 2.05) is 6.92 Å². The number of rotatable bonds is 7. The van der Waals surface area contributed by atoms with Crippen LogP contribution in [0.1, 0.15) is 62.5 Å². The van der Waals surface area contributed by atoms with Crippen LogP contribution in [0, 0.1) is 11.6 Å². The third-order valence-corrected chi connectivity index (χ3v) is 5.14. The molecule has 4 nitrogen and oxygen atoms in total. The van der Waals surface area contributed by atoms with Gasteiger partial charge in [0.25, 0.3) is 5.92 Å². The maximum atomic E-state index is 14.9. The molecule has 0 spiro atoms. The molecule has 1 aliphatic carbocycles. The van der Waals surface area contributed by atoms with Gasteiger partial charge in [0.15, 0.2) is 11.6 Å². The molecule has 2 unspecified atom stereocenters. The summed E-state index contributed by atoms with van der Waals surface area (Å²) in [5.74, 6) is -7.77. The van der Waals surface area contributed by atoms with E-state index in [0.29, 0.717) is 25.0 Å². The van der Waals surface area contributed by atoms with Crippen molar-refractivity contribution in [2.24, 2.45) is 0 Å². The second-order valence-electron chi connectivity index (χ2n) is 7.15. The second-order valence-corrected chi connectivity index (χ2v) is 7.15. The number of nitrogens with zero attached hydrogens (tertiary/aromatic N) is 2. The van der Waals surface area contributed by atoms with Crippen molar-refractivity contribution >= 4 is 0 Å². The first kappa shape index (κ1) is 21.3. The number of halogens is 4. The van der Waals surface area contributed by atoms with Crippen molar-refractivity contribution in [3.8, 4) is 11.8 Å². The van der Waals surface area contributed by atoms with Gasteiger partial charge in [-0.1, -0.05) is 13.0 Å². The van der Waals surface area contributed by atoms with E-state index < -0.39 is 35.8 Å². The van der Waals surface area contributed by atoms with Crippen molar-refractivity contribution in [3.05, 3.63) is 47.3 Å². The molecule has 2 aromatic rings. The molecule has 2 atom stereocenters. The van der Waals surface area contributed by atoms with E-state index in [9.17, 15) is 17.6 Å². The minimum Gasteiger partial charge on any atom is -0.490 e. The Bertz CT molecular complexity index is 830. The van der Waals surface area contributed by atoms with E-state index in [0.717, 1.165) is 0 Å². The van der Waals surface area contributed by atoms with Crippen molar-refractivity contribution in [2.75, 3.05) is 13.2 Å². The second kappa shape index (κ2) is 8.97. The SMILES string of the molecule is CCCOc1ccc(C2CCC(c3cnc(OCC)nc3)CC2(F)F)c(F)c1F. The van der Waals surface area contributed by atoms with Crippen molar-refractivity contribution in [1.82, 2.24) is 9.97 Å². The first-order valence-corrected chi connectivity index (χ1v) is 9.80. The zero-order valence-electron chi connectivity index (χ0n) is 16.4. The molecule has 8 heteroatoms. The summed E-state index contributed by atoms with van der Waals surface area (Å²) in [6.45, 7) is 4.26. The van der Waals surface area contributed by atoms with Gasteiger partial charge < -0.3 is 9.47 Å². The average Bonchev–Trinajstić information content (AvgIpc) is 2.70. The van der Waals surface area contributed by atoms with Crippen LogP contribution >= 0.6 is 0 Å². The van der Waals surface area contributed by atoms with Crippen molar-refractivity contribution in [2.45, 2.75) is 57.3 Å². The van der Waals surface area contributed by atoms with Gasteiger partial charge in [-0.15, -0.1) is 0 Å². The third kappa shape index (κ3) is 4.62. The van der Waals surface area contributed by atoms with Crippen LogP contribution in [-0.2, 0) is 0 Å². The Labute approximate surface area is 167 Å². The summed E-state index contributed by atoms with van der Waals surface area (Å²) in [4.78, 5) is 8.05. The molecule has 0 amide bonds. The lowest BCUT2D eigenvalue weighted by Crippen LogP contribution is -2.34. The number of ether oxygens (including phenoxy) is 2. The van der Waals surface area contributed by atoms with Gasteiger partial charge >= 0.3 is 6.01 Å². The van der Waals surface area contributed by atoms with Gasteiger partial charge in [-0.3, -0.25) is 0 Å². The Morgan fingerprint density at radius 3 is 2.38 bits per heavy atom. The van der Waals surface area contributed by atoms with Gasteiger partial charge in [-0.25, -0.2) is 23.1 Å². The number of aromatic nitrogens is 2. The number of hydrogen-bond acceptors (Lipinski definition) is 4. The third-order valence-electron chi connectivity index (χ3n) is 5.14. The molecule has 158 valence electrons. The van der Waals surface area contributed by atoms with E-state index >= 15 is 0 Å². The smallest absolute Gasteiger partial charge is 0.316 e. The molecule has 1 aromatic carbocycles. The van der Waals surface area contributed by atoms with Crippen molar-refractivity contribution in [1.29, 1.82) is 0 Å². The lowest BCUT2D eigenvalue weighted by atomic mass is 9.74. The van der Waals surface area contributed by atoms with Crippen LogP contribution in [-0.4, -0.2) is 29.1 Å². The Morgan fingerprint density at radius 1 is 1.03 bits per heavy atom. The molecule has 1 saturated carbocycles. The highest BCUT2D eigenvalue weighted by Gasteiger charge is 2.47. The van der Waals surface area contributed by atoms with Crippen LogP contribution in [0.4, 0.5) is 17.6 Å². The van der Waals surface area contributed by atoms with E-state index in [2.05, 4.69) is 9.97 Å². The molecular weight excluding hydrogens is 388 g/mol. The first-order chi connectivity index (χ1) is 13.9. The summed E-state index contributed by atoms with van der Waals surface area (Å²) >= 11 is 0. The molecule has 0 aliphatic heterocycles. The predicted molar refractivity (Wildman–Crippen MR) is 99.6 cm³/mol. The summed E-state index contributed by atoms with van der Waals surface area (Å²) in [5.41, 5.74) is 0.277. The molecule has 1 fully saturated rings. The Morgan fingerprint density at radius 2 is 1.76 bits per heavy atom. The fraction of sp³-hybridized carbons (Fsp3) is 0.524. The van der Waals surface area contributed by atoms with Gasteiger partial charge in [0.1, 0.15) is 0 Å². The summed E-state index contributed by atoms with van der Waals surface area (Å²) < 4.78 is 68.9. The highest BCUT2D eigenvalue weighted by atomic mass is 19.3. The fourth-order valence-corrected chi connectivity index (χ4v) is 3.70. The maximum Gasteiger partial charge on any atom is 0.316 e. The molecule has 29 heavy (non-hydrogen) atoms. The van der Waals surface area contributed by atoms with Gasteiger partial charge in [-0.2, -0.15) is 4.39 Å². The van der Waals surface area contributed by atoms with Crippen LogP contribution in [0.15, 0.2) is 24.5 Å². The minimum atomic E-state index is -3.19. The van der Waals surface area contributed by atoms with E-state index in [1.54, 1.807) is 6.92 Å². The highest BCUT2D eigenvalue weighted by Crippen LogP contribution is 2.50. The monoisotopic (exact) mass is 412 g/mol. The molecule has 1 heterocycles. The van der Waals surface area contributed by atoms with Crippen LogP contribution in [0.25, 0.3) is 0 Å². The standard InChI is InChI=1S/C21H24F4N2O2/c1-3-9-29-17-8-6-15(18(22)19(17)23)16-7-5-13(10-21(16,24)25)14-11-26-20(27-12-14)28-4-2/h6,8,11-13,16H,3-5,7,9-10H2,1-2H3. The molecule has 0 saturated heterocycles. The molecule has 1 aliphatic rings. The van der Waals surface area contributed by atoms with E-state index in [1.165, 1.54) is 24.5 Å². The van der Waals surface area contributed by atoms with Crippen LogP contribution < -0.4 is 9.47 Å². The average molecular weight is 412 g/mol. The lowest BCUT2D eigenvalue weighted by Gasteiger charge is -2.36. The van der Waals surface area contributed by atoms with Gasteiger partial charge in [0, 0.05) is 24.4 Å². The lowest BCUT2D eigenvalue weighted by molar-refractivity contribution is -0.0626. The summed E-state index contributed by atoms with van der Waals surface area (Å²) in [6.07, 6.45) is 3.53. The Hall–Kier alpha value is -2.38. The minimum absolute atomic E-state index is 0.0242. The predicted octanol–water partition coefficient (Wildman–Crippen LogP) is 5.63. The number of benzene rings is 1. The van der Waals surface area contributed by atoms with Gasteiger partial charge in [0.2, 0.25) is 5.82 Å². The van der Waals surface area contributed by atoms with Crippen LogP contribution in [0.3, 0.4) is 0 Å². The first-order valence-electron chi connectivity index (χ1n) is 9.80. The number of hydrogen-bond donors (Lipinski definition) is 0. The maximum absolute atomic E-state index is 14.9. The molecular formula is C21H24F4N2O2. The summed E-state index contributed by atoms with van der Waals surface area (Å²) in [5, 5.41) is 0. The van der Waals surface area contributed by atoms with E-state index in [-0.39, 0.29) is 30.4 Å². The normalized spacial score (nSPS) is 21.0. The summed E-state index contributed by atoms with van der Waals surface area (Å²) in [6, 6.07) is 2.63. The van der Waals surface area contributed by atoms with Gasteiger partial charge in [0.05, 0.1) is 19.1 Å². The molecule has 0 radical (unpaired) electrons. The Balaban J connectivity index is 1.77. The van der Waals surface area contributed by atoms with Crippen molar-refractivity contribution < 1.29 is 27.0 Å². The van der Waals surface area contributed by atoms with Crippen molar-refractivity contribution in [3.63, 3.8) is 0 Å². The van der Waals surface area contributed by atoms with Crippen LogP contribution in [0.2, 0.25) is 0 Å².